The monoisotopic (exact) mass is 754 g/mol. The maximum absolute atomic E-state index is 2.33. The molecule has 0 bridgehead atoms. The lowest BCUT2D eigenvalue weighted by Gasteiger charge is -1.92. The third-order valence-electron chi connectivity index (χ3n) is 3.32. The van der Waals surface area contributed by atoms with E-state index in [9.17, 15) is 0 Å². The highest BCUT2D eigenvalue weighted by atomic mass is 127. The summed E-state index contributed by atoms with van der Waals surface area (Å²) in [6.07, 6.45) is 0. The fraction of sp³-hybridized carbons (Fsp3) is 0.286. The second-order valence-electron chi connectivity index (χ2n) is 5.48. The molecule has 0 saturated heterocycles. The van der Waals surface area contributed by atoms with Gasteiger partial charge in [-0.3, -0.25) is 0 Å². The second-order valence-corrected chi connectivity index (χ2v) is 13.1. The van der Waals surface area contributed by atoms with Gasteiger partial charge in [0.1, 0.15) is 0 Å². The summed E-state index contributed by atoms with van der Waals surface area (Å²) in [5, 5.41) is 5.24. The van der Waals surface area contributed by atoms with Crippen molar-refractivity contribution < 1.29 is 0 Å². The van der Waals surface area contributed by atoms with Crippen LogP contribution in [0.3, 0.4) is 0 Å². The summed E-state index contributed by atoms with van der Waals surface area (Å²) >= 11 is 6.95. The van der Waals surface area contributed by atoms with Crippen LogP contribution in [-0.2, 0) is 0 Å². The Morgan fingerprint density at radius 3 is 0.710 bits per heavy atom. The highest BCUT2D eigenvalue weighted by molar-refractivity contribution is 14.2. The van der Waals surface area contributed by atoms with Crippen molar-refractivity contribution in [1.82, 2.24) is 0 Å². The van der Waals surface area contributed by atoms with Crippen molar-refractivity contribution in [2.75, 3.05) is 4.43 Å². The summed E-state index contributed by atoms with van der Waals surface area (Å²) in [6, 6.07) is 33.4. The topological polar surface area (TPSA) is 0 Å². The summed E-state index contributed by atoms with van der Waals surface area (Å²) in [4.78, 5) is 0. The second kappa shape index (κ2) is 24.2. The SMILES string of the molecule is CC.CC.CC(I)I.CCI.c1ccc2ccccc2c1.c1ccc2ccccc2c1. The predicted octanol–water partition coefficient (Wildman–Crippen LogP) is 11.4. The van der Waals surface area contributed by atoms with Gasteiger partial charge < -0.3 is 0 Å². The van der Waals surface area contributed by atoms with Crippen LogP contribution in [0.2, 0.25) is 0 Å². The van der Waals surface area contributed by atoms with Crippen LogP contribution in [0, 0.1) is 0 Å². The average molecular weight is 754 g/mol. The van der Waals surface area contributed by atoms with Crippen LogP contribution >= 0.6 is 67.8 Å². The van der Waals surface area contributed by atoms with Crippen LogP contribution < -0.4 is 0 Å². The van der Waals surface area contributed by atoms with Crippen molar-refractivity contribution in [1.29, 1.82) is 0 Å². The first-order chi connectivity index (χ1) is 15.1. The van der Waals surface area contributed by atoms with E-state index < -0.39 is 0 Å². The molecule has 0 aliphatic rings. The van der Waals surface area contributed by atoms with Crippen LogP contribution in [0.4, 0.5) is 0 Å². The summed E-state index contributed by atoms with van der Waals surface area (Å²) in [7, 11) is 0. The molecule has 4 aromatic carbocycles. The van der Waals surface area contributed by atoms with Gasteiger partial charge in [-0.2, -0.15) is 0 Å². The molecule has 4 aromatic rings. The Labute approximate surface area is 232 Å². The Kier molecular flexibility index (Phi) is 25.6. The molecule has 0 radical (unpaired) electrons. The number of fused-ring (bicyclic) bond motifs is 2. The Morgan fingerprint density at radius 2 is 0.613 bits per heavy atom. The normalized spacial score (nSPS) is 8.58. The lowest BCUT2D eigenvalue weighted by Crippen LogP contribution is -1.67. The van der Waals surface area contributed by atoms with Gasteiger partial charge in [0.2, 0.25) is 0 Å². The fourth-order valence-corrected chi connectivity index (χ4v) is 2.27. The smallest absolute Gasteiger partial charge is 0.0598 e. The number of halogens is 3. The van der Waals surface area contributed by atoms with Crippen LogP contribution in [0.25, 0.3) is 21.5 Å². The van der Waals surface area contributed by atoms with E-state index in [2.05, 4.69) is 179 Å². The number of hydrogen-bond donors (Lipinski definition) is 0. The molecule has 0 spiro atoms. The first-order valence-electron chi connectivity index (χ1n) is 10.8. The van der Waals surface area contributed by atoms with Crippen molar-refractivity contribution >= 4 is 89.3 Å². The molecule has 3 heteroatoms. The molecular weight excluding hydrogens is 717 g/mol. The van der Waals surface area contributed by atoms with Gasteiger partial charge in [0, 0.05) is 0 Å². The van der Waals surface area contributed by atoms with Crippen LogP contribution in [0.15, 0.2) is 97.1 Å². The molecule has 0 amide bonds. The van der Waals surface area contributed by atoms with Gasteiger partial charge in [0.15, 0.2) is 0 Å². The fourth-order valence-electron chi connectivity index (χ4n) is 2.27. The van der Waals surface area contributed by atoms with Gasteiger partial charge in [0.25, 0.3) is 0 Å². The summed E-state index contributed by atoms with van der Waals surface area (Å²) in [6.45, 7) is 12.3. The standard InChI is InChI=1S/2C10H8.C2H4I2.C2H5I.2C2H6/c2*1-2-6-10-8-4-3-7-9(10)5-1;1-2(3)4;1-2-3;2*1-2/h2*1-8H;2H,1H3;2H2,1H3;2*1-2H3. The van der Waals surface area contributed by atoms with E-state index in [0.29, 0.717) is 0 Å². The predicted molar refractivity (Wildman–Crippen MR) is 173 cm³/mol. The number of rotatable bonds is 0. The van der Waals surface area contributed by atoms with Gasteiger partial charge in [0.05, 0.1) is 1.93 Å². The lowest BCUT2D eigenvalue weighted by atomic mass is 10.1. The Balaban J connectivity index is 0. The third kappa shape index (κ3) is 17.8. The van der Waals surface area contributed by atoms with Crippen molar-refractivity contribution in [3.8, 4) is 0 Å². The van der Waals surface area contributed by atoms with E-state index in [-0.39, 0.29) is 0 Å². The lowest BCUT2D eigenvalue weighted by molar-refractivity contribution is 1.50. The Hall–Kier alpha value is -0.410. The van der Waals surface area contributed by atoms with Crippen molar-refractivity contribution in [2.24, 2.45) is 0 Å². The Bertz CT molecular complexity index is 684. The van der Waals surface area contributed by atoms with Crippen molar-refractivity contribution in [3.05, 3.63) is 97.1 Å². The van der Waals surface area contributed by atoms with E-state index in [4.69, 9.17) is 0 Å². The Morgan fingerprint density at radius 1 is 0.516 bits per heavy atom. The highest BCUT2D eigenvalue weighted by Gasteiger charge is 1.86. The van der Waals surface area contributed by atoms with Crippen molar-refractivity contribution in [2.45, 2.75) is 43.5 Å². The molecule has 0 heterocycles. The van der Waals surface area contributed by atoms with E-state index in [1.807, 2.05) is 27.7 Å². The molecule has 0 nitrogen and oxygen atoms in total. The first kappa shape index (κ1) is 32.8. The van der Waals surface area contributed by atoms with Crippen molar-refractivity contribution in [3.63, 3.8) is 0 Å². The maximum atomic E-state index is 2.33. The van der Waals surface area contributed by atoms with Gasteiger partial charge in [-0.05, 0) is 32.9 Å². The van der Waals surface area contributed by atoms with Gasteiger partial charge in [-0.15, -0.1) is 0 Å². The quantitative estimate of drug-likeness (QED) is 0.124. The first-order valence-corrected chi connectivity index (χ1v) is 14.8. The van der Waals surface area contributed by atoms with Crippen LogP contribution in [0.5, 0.6) is 0 Å². The van der Waals surface area contributed by atoms with Crippen LogP contribution in [-0.4, -0.2) is 6.36 Å². The largest absolute Gasteiger partial charge is 0.0867 e. The molecule has 0 aliphatic heterocycles. The molecule has 0 fully saturated rings. The maximum Gasteiger partial charge on any atom is 0.0598 e. The van der Waals surface area contributed by atoms with Gasteiger partial charge >= 0.3 is 0 Å². The van der Waals surface area contributed by atoms with Crippen LogP contribution in [0.1, 0.15) is 41.5 Å². The molecule has 4 rings (SSSR count). The zero-order valence-electron chi connectivity index (χ0n) is 19.7. The van der Waals surface area contributed by atoms with Gasteiger partial charge in [-0.1, -0.05) is 199 Å². The molecular formula is C28H37I3. The molecule has 0 saturated carbocycles. The summed E-state index contributed by atoms with van der Waals surface area (Å²) < 4.78 is 1.99. The minimum Gasteiger partial charge on any atom is -0.0867 e. The minimum atomic E-state index is 0.773. The molecule has 31 heavy (non-hydrogen) atoms. The molecule has 0 atom stereocenters. The van der Waals surface area contributed by atoms with E-state index in [1.165, 1.54) is 26.0 Å². The molecule has 0 N–H and O–H groups in total. The molecule has 170 valence electrons. The third-order valence-corrected chi connectivity index (χ3v) is 3.32. The molecule has 0 unspecified atom stereocenters. The number of benzene rings is 4. The van der Waals surface area contributed by atoms with E-state index >= 15 is 0 Å². The molecule has 0 aliphatic carbocycles. The molecule has 0 aromatic heterocycles. The summed E-state index contributed by atoms with van der Waals surface area (Å²) in [5.74, 6) is 0. The highest BCUT2D eigenvalue weighted by Crippen LogP contribution is 2.12. The van der Waals surface area contributed by atoms with E-state index in [0.717, 1.165) is 1.93 Å². The number of alkyl halides is 3. The zero-order chi connectivity index (χ0) is 23.9. The summed E-state index contributed by atoms with van der Waals surface area (Å²) in [5.41, 5.74) is 0. The van der Waals surface area contributed by atoms with Gasteiger partial charge in [-0.25, -0.2) is 0 Å². The average Bonchev–Trinajstić information content (AvgIpc) is 2.82. The van der Waals surface area contributed by atoms with E-state index in [1.54, 1.807) is 0 Å². The minimum absolute atomic E-state index is 0.773. The number of hydrogen-bond acceptors (Lipinski definition) is 0. The zero-order valence-corrected chi connectivity index (χ0v) is 26.1.